The molecule has 0 saturated carbocycles. The van der Waals surface area contributed by atoms with Gasteiger partial charge in [0.15, 0.2) is 26.8 Å². The van der Waals surface area contributed by atoms with Gasteiger partial charge in [0.2, 0.25) is 16.8 Å². The third-order valence-corrected chi connectivity index (χ3v) is 8.40. The molecule has 0 fully saturated rings. The Hall–Kier alpha value is -3.89. The molecule has 0 aliphatic rings. The quantitative estimate of drug-likeness (QED) is 0.120. The molecule has 0 aliphatic heterocycles. The number of anilines is 1. The van der Waals surface area contributed by atoms with Crippen molar-refractivity contribution in [3.8, 4) is 22.9 Å². The number of thioether (sulfide) groups is 2. The Bertz CT molecular complexity index is 1540. The van der Waals surface area contributed by atoms with Crippen LogP contribution in [-0.2, 0) is 11.3 Å². The average Bonchev–Trinajstić information content (AvgIpc) is 3.63. The average molecular weight is 662 g/mol. The molecule has 0 spiro atoms. The fourth-order valence-electron chi connectivity index (χ4n) is 3.87. The van der Waals surface area contributed by atoms with E-state index in [2.05, 4.69) is 31.0 Å². The lowest BCUT2D eigenvalue weighted by Crippen LogP contribution is -2.25. The molecule has 2 amide bonds. The first-order valence-electron chi connectivity index (χ1n) is 13.8. The van der Waals surface area contributed by atoms with Crippen molar-refractivity contribution in [3.63, 3.8) is 0 Å². The molecule has 0 radical (unpaired) electrons. The van der Waals surface area contributed by atoms with E-state index in [1.807, 2.05) is 27.7 Å². The van der Waals surface area contributed by atoms with Crippen LogP contribution >= 0.6 is 34.9 Å². The highest BCUT2D eigenvalue weighted by Gasteiger charge is 2.21. The van der Waals surface area contributed by atoms with Crippen LogP contribution in [0.5, 0.6) is 17.2 Å². The predicted octanol–water partition coefficient (Wildman–Crippen LogP) is 5.23. The normalized spacial score (nSPS) is 10.8. The van der Waals surface area contributed by atoms with E-state index in [9.17, 15) is 14.0 Å². The zero-order chi connectivity index (χ0) is 31.5. The fourth-order valence-corrected chi connectivity index (χ4v) is 6.30. The molecule has 4 rings (SSSR count). The van der Waals surface area contributed by atoms with E-state index in [4.69, 9.17) is 14.2 Å². The Balaban J connectivity index is 1.52. The number of benzene rings is 2. The van der Waals surface area contributed by atoms with Crippen molar-refractivity contribution in [2.75, 3.05) is 36.6 Å². The van der Waals surface area contributed by atoms with Gasteiger partial charge in [0.05, 0.1) is 32.1 Å². The molecule has 234 valence electrons. The maximum Gasteiger partial charge on any atom is 0.251 e. The largest absolute Gasteiger partial charge is 0.490 e. The van der Waals surface area contributed by atoms with Crippen molar-refractivity contribution < 1.29 is 28.2 Å². The Kier molecular flexibility index (Phi) is 12.2. The van der Waals surface area contributed by atoms with Crippen LogP contribution < -0.4 is 24.8 Å². The van der Waals surface area contributed by atoms with E-state index < -0.39 is 11.7 Å². The number of carbonyl (C=O) groups excluding carboxylic acids is 2. The minimum absolute atomic E-state index is 0.00805. The third kappa shape index (κ3) is 8.60. The summed E-state index contributed by atoms with van der Waals surface area (Å²) in [6.07, 6.45) is 0. The van der Waals surface area contributed by atoms with Crippen molar-refractivity contribution in [1.29, 1.82) is 0 Å². The summed E-state index contributed by atoms with van der Waals surface area (Å²) in [5, 5.41) is 22.9. The first-order chi connectivity index (χ1) is 21.4. The highest BCUT2D eigenvalue weighted by atomic mass is 32.2. The summed E-state index contributed by atoms with van der Waals surface area (Å²) in [7, 11) is 0. The molecular formula is C28H32FN7O5S3. The molecule has 0 saturated heterocycles. The molecule has 16 heteroatoms. The summed E-state index contributed by atoms with van der Waals surface area (Å²) in [5.41, 5.74) is 0.865. The first kappa shape index (κ1) is 33.0. The summed E-state index contributed by atoms with van der Waals surface area (Å²) in [6, 6.07) is 8.95. The monoisotopic (exact) mass is 661 g/mol. The first-order valence-corrected chi connectivity index (χ1v) is 16.6. The van der Waals surface area contributed by atoms with E-state index in [1.54, 1.807) is 40.6 Å². The van der Waals surface area contributed by atoms with Crippen molar-refractivity contribution in [2.24, 2.45) is 0 Å². The second-order valence-electron chi connectivity index (χ2n) is 8.64. The standard InChI is InChI=1S/C28H32FN7O5S3/c1-5-39-20-13-17(14-21(40-6-2)24(20)41-7-3)25(38)30-15-22-32-34-27(36(22)19-11-9-18(29)10-12-19)43-16-23(37)31-26-33-35-28(44-26)42-8-4/h9-14H,5-8,15-16H2,1-4H3,(H,30,38)(H,31,33,37). The number of hydrogen-bond donors (Lipinski definition) is 2. The Labute approximate surface area is 266 Å². The van der Waals surface area contributed by atoms with Gasteiger partial charge in [0.25, 0.3) is 5.91 Å². The molecule has 12 nitrogen and oxygen atoms in total. The SMILES string of the molecule is CCOc1cc(C(=O)NCc2nnc(SCC(=O)Nc3nnc(SCC)s3)n2-c2ccc(F)cc2)cc(OCC)c1OCC. The van der Waals surface area contributed by atoms with Crippen LogP contribution in [0.25, 0.3) is 5.69 Å². The minimum atomic E-state index is -0.409. The summed E-state index contributed by atoms with van der Waals surface area (Å²) >= 11 is 3.98. The molecule has 2 aromatic heterocycles. The van der Waals surface area contributed by atoms with E-state index in [0.29, 0.717) is 64.4 Å². The van der Waals surface area contributed by atoms with E-state index in [0.717, 1.165) is 21.9 Å². The zero-order valence-electron chi connectivity index (χ0n) is 24.6. The highest BCUT2D eigenvalue weighted by Crippen LogP contribution is 2.39. The lowest BCUT2D eigenvalue weighted by Gasteiger charge is -2.17. The maximum atomic E-state index is 13.7. The summed E-state index contributed by atoms with van der Waals surface area (Å²) < 4.78 is 33.4. The van der Waals surface area contributed by atoms with Crippen molar-refractivity contribution in [1.82, 2.24) is 30.3 Å². The molecule has 0 bridgehead atoms. The number of hydrogen-bond acceptors (Lipinski definition) is 12. The van der Waals surface area contributed by atoms with Crippen LogP contribution in [0.15, 0.2) is 45.9 Å². The summed E-state index contributed by atoms with van der Waals surface area (Å²) in [4.78, 5) is 25.9. The lowest BCUT2D eigenvalue weighted by atomic mass is 10.1. The lowest BCUT2D eigenvalue weighted by molar-refractivity contribution is -0.113. The molecule has 0 aliphatic carbocycles. The fraction of sp³-hybridized carbons (Fsp3) is 0.357. The van der Waals surface area contributed by atoms with Gasteiger partial charge in [-0.05, 0) is 62.9 Å². The molecule has 44 heavy (non-hydrogen) atoms. The molecule has 2 aromatic carbocycles. The zero-order valence-corrected chi connectivity index (χ0v) is 27.0. The summed E-state index contributed by atoms with van der Waals surface area (Å²) in [5.74, 6) is 1.34. The number of amides is 2. The minimum Gasteiger partial charge on any atom is -0.490 e. The Morgan fingerprint density at radius 1 is 0.909 bits per heavy atom. The Morgan fingerprint density at radius 2 is 1.59 bits per heavy atom. The van der Waals surface area contributed by atoms with Gasteiger partial charge < -0.3 is 19.5 Å². The smallest absolute Gasteiger partial charge is 0.251 e. The van der Waals surface area contributed by atoms with Gasteiger partial charge in [0.1, 0.15) is 5.82 Å². The predicted molar refractivity (Wildman–Crippen MR) is 168 cm³/mol. The van der Waals surface area contributed by atoms with E-state index in [1.165, 1.54) is 23.5 Å². The number of nitrogens with one attached hydrogen (secondary N) is 2. The van der Waals surface area contributed by atoms with Gasteiger partial charge in [0, 0.05) is 11.3 Å². The number of rotatable bonds is 16. The number of ether oxygens (including phenoxy) is 3. The Morgan fingerprint density at radius 3 is 2.23 bits per heavy atom. The van der Waals surface area contributed by atoms with Crippen LogP contribution in [0.2, 0.25) is 0 Å². The second kappa shape index (κ2) is 16.3. The molecule has 0 unspecified atom stereocenters. The van der Waals surface area contributed by atoms with Gasteiger partial charge in [-0.25, -0.2) is 4.39 Å². The van der Waals surface area contributed by atoms with E-state index >= 15 is 0 Å². The molecule has 4 aromatic rings. The third-order valence-electron chi connectivity index (χ3n) is 5.62. The molecular weight excluding hydrogens is 630 g/mol. The highest BCUT2D eigenvalue weighted by molar-refractivity contribution is 8.01. The number of halogens is 1. The van der Waals surface area contributed by atoms with Gasteiger partial charge in [-0.15, -0.1) is 20.4 Å². The number of nitrogens with zero attached hydrogens (tertiary/aromatic N) is 5. The van der Waals surface area contributed by atoms with Crippen LogP contribution in [0.1, 0.15) is 43.9 Å². The van der Waals surface area contributed by atoms with Gasteiger partial charge in [-0.2, -0.15) is 0 Å². The van der Waals surface area contributed by atoms with Crippen LogP contribution in [0.4, 0.5) is 9.52 Å². The topological polar surface area (TPSA) is 142 Å². The van der Waals surface area contributed by atoms with Crippen molar-refractivity contribution >= 4 is 51.8 Å². The molecule has 0 atom stereocenters. The van der Waals surface area contributed by atoms with E-state index in [-0.39, 0.29) is 18.2 Å². The van der Waals surface area contributed by atoms with Gasteiger partial charge in [-0.1, -0.05) is 41.8 Å². The molecule has 2 N–H and O–H groups in total. The maximum absolute atomic E-state index is 13.7. The van der Waals surface area contributed by atoms with Crippen molar-refractivity contribution in [3.05, 3.63) is 53.6 Å². The van der Waals surface area contributed by atoms with Crippen LogP contribution in [-0.4, -0.2) is 68.1 Å². The van der Waals surface area contributed by atoms with Crippen molar-refractivity contribution in [2.45, 2.75) is 43.7 Å². The number of aromatic nitrogens is 5. The second-order valence-corrected chi connectivity index (χ2v) is 12.1. The van der Waals surface area contributed by atoms with Crippen LogP contribution in [0.3, 0.4) is 0 Å². The summed E-state index contributed by atoms with van der Waals surface area (Å²) in [6.45, 7) is 8.66. The van der Waals surface area contributed by atoms with Gasteiger partial charge in [-0.3, -0.25) is 19.5 Å². The van der Waals surface area contributed by atoms with Crippen LogP contribution in [0, 0.1) is 5.82 Å². The van der Waals surface area contributed by atoms with Gasteiger partial charge >= 0.3 is 0 Å². The number of carbonyl (C=O) groups is 2. The molecule has 2 heterocycles.